The molecule has 0 bridgehead atoms. The lowest BCUT2D eigenvalue weighted by Gasteiger charge is -2.22. The van der Waals surface area contributed by atoms with Gasteiger partial charge in [-0.1, -0.05) is 24.3 Å². The van der Waals surface area contributed by atoms with E-state index in [1.54, 1.807) is 63.5 Å². The van der Waals surface area contributed by atoms with Crippen molar-refractivity contribution in [2.75, 3.05) is 10.6 Å². The molecule has 0 radical (unpaired) electrons. The zero-order chi connectivity index (χ0) is 27.4. The van der Waals surface area contributed by atoms with E-state index in [0.29, 0.717) is 6.07 Å². The van der Waals surface area contributed by atoms with Gasteiger partial charge in [-0.05, 0) is 63.1 Å². The van der Waals surface area contributed by atoms with Gasteiger partial charge in [-0.3, -0.25) is 19.9 Å². The molecule has 0 unspecified atom stereocenters. The lowest BCUT2D eigenvalue weighted by molar-refractivity contribution is -0.138. The third kappa shape index (κ3) is 7.63. The molecule has 37 heavy (non-hydrogen) atoms. The van der Waals surface area contributed by atoms with E-state index in [2.05, 4.69) is 15.6 Å². The first-order valence-corrected chi connectivity index (χ1v) is 11.3. The molecule has 0 fully saturated rings. The third-order valence-electron chi connectivity index (χ3n) is 5.08. The van der Waals surface area contributed by atoms with E-state index >= 15 is 0 Å². The summed E-state index contributed by atoms with van der Waals surface area (Å²) in [5, 5.41) is 4.69. The number of aryl methyl sites for hydroxylation is 1. The zero-order valence-electron chi connectivity index (χ0n) is 20.7. The molecule has 7 nitrogen and oxygen atoms in total. The largest absolute Gasteiger partial charge is 0.444 e. The fourth-order valence-electron chi connectivity index (χ4n) is 3.48. The van der Waals surface area contributed by atoms with Crippen LogP contribution in [0.2, 0.25) is 0 Å². The van der Waals surface area contributed by atoms with Crippen LogP contribution in [-0.2, 0) is 15.7 Å². The number of Topliss-reactive ketones (excluding diaryl/α,β-unsaturated/α-hetero) is 1. The van der Waals surface area contributed by atoms with E-state index in [9.17, 15) is 27.6 Å². The van der Waals surface area contributed by atoms with Crippen molar-refractivity contribution in [2.45, 2.75) is 45.9 Å². The van der Waals surface area contributed by atoms with Gasteiger partial charge in [0.25, 0.3) is 0 Å². The van der Waals surface area contributed by atoms with Crippen molar-refractivity contribution < 1.29 is 32.3 Å². The number of carbonyl (C=O) groups excluding carboxylic acids is 3. The minimum absolute atomic E-state index is 0.0988. The Labute approximate surface area is 212 Å². The lowest BCUT2D eigenvalue weighted by Crippen LogP contribution is -2.28. The van der Waals surface area contributed by atoms with Crippen molar-refractivity contribution in [1.29, 1.82) is 0 Å². The molecule has 3 rings (SSSR count). The van der Waals surface area contributed by atoms with Crippen molar-refractivity contribution in [3.05, 3.63) is 77.6 Å². The Hall–Kier alpha value is -4.21. The number of carbonyl (C=O) groups is 3. The summed E-state index contributed by atoms with van der Waals surface area (Å²) in [6, 6.07) is 12.1. The van der Waals surface area contributed by atoms with Crippen LogP contribution in [0.3, 0.4) is 0 Å². The van der Waals surface area contributed by atoms with Crippen molar-refractivity contribution in [1.82, 2.24) is 4.98 Å². The molecule has 0 atom stereocenters. The van der Waals surface area contributed by atoms with Crippen LogP contribution in [0.4, 0.5) is 29.3 Å². The van der Waals surface area contributed by atoms with Crippen LogP contribution in [0.5, 0.6) is 0 Å². The number of hydrogen-bond donors (Lipinski definition) is 2. The summed E-state index contributed by atoms with van der Waals surface area (Å²) in [6.07, 6.45) is -2.99. The third-order valence-corrected chi connectivity index (χ3v) is 5.08. The Kier molecular flexibility index (Phi) is 8.00. The topological polar surface area (TPSA) is 97.4 Å². The van der Waals surface area contributed by atoms with Crippen LogP contribution < -0.4 is 10.6 Å². The van der Waals surface area contributed by atoms with Crippen LogP contribution in [0.15, 0.2) is 60.9 Å². The molecule has 2 amide bonds. The molecule has 0 aliphatic carbocycles. The molecule has 1 aromatic heterocycles. The maximum Gasteiger partial charge on any atom is 0.416 e. The number of alkyl halides is 3. The minimum atomic E-state index is -4.69. The monoisotopic (exact) mass is 513 g/mol. The fraction of sp³-hybridized carbons (Fsp3) is 0.259. The SMILES string of the molecule is Cc1cc(NC(=O)CC(=O)c2cccc(-c3cccnc3)c2)c(NC(=O)OC(C)(C)C)cc1C(F)(F)F. The number of aromatic nitrogens is 1. The lowest BCUT2D eigenvalue weighted by atomic mass is 10.0. The maximum atomic E-state index is 13.5. The van der Waals surface area contributed by atoms with Crippen LogP contribution >= 0.6 is 0 Å². The molecule has 194 valence electrons. The summed E-state index contributed by atoms with van der Waals surface area (Å²) in [6.45, 7) is 6.02. The highest BCUT2D eigenvalue weighted by Gasteiger charge is 2.34. The highest BCUT2D eigenvalue weighted by molar-refractivity contribution is 6.12. The van der Waals surface area contributed by atoms with E-state index in [1.807, 2.05) is 6.07 Å². The van der Waals surface area contributed by atoms with Gasteiger partial charge in [0.2, 0.25) is 5.91 Å². The Bertz CT molecular complexity index is 1320. The van der Waals surface area contributed by atoms with Gasteiger partial charge in [-0.25, -0.2) is 4.79 Å². The summed E-state index contributed by atoms with van der Waals surface area (Å²) in [7, 11) is 0. The molecule has 1 heterocycles. The molecule has 0 aliphatic rings. The van der Waals surface area contributed by atoms with Crippen molar-refractivity contribution in [2.24, 2.45) is 0 Å². The number of hydrogen-bond acceptors (Lipinski definition) is 5. The Balaban J connectivity index is 1.82. The number of nitrogens with one attached hydrogen (secondary N) is 2. The van der Waals surface area contributed by atoms with Gasteiger partial charge >= 0.3 is 12.3 Å². The first-order chi connectivity index (χ1) is 17.2. The molecule has 2 aromatic carbocycles. The average molecular weight is 514 g/mol. The Morgan fingerprint density at radius 2 is 1.59 bits per heavy atom. The van der Waals surface area contributed by atoms with Crippen LogP contribution in [0.1, 0.15) is 48.7 Å². The van der Waals surface area contributed by atoms with Gasteiger partial charge in [0.05, 0.1) is 23.4 Å². The second-order valence-corrected chi connectivity index (χ2v) is 9.31. The highest BCUT2D eigenvalue weighted by Crippen LogP contribution is 2.37. The van der Waals surface area contributed by atoms with Gasteiger partial charge in [0.1, 0.15) is 5.60 Å². The molecule has 10 heteroatoms. The summed E-state index contributed by atoms with van der Waals surface area (Å²) < 4.78 is 45.5. The molecular formula is C27H26F3N3O4. The van der Waals surface area contributed by atoms with Crippen LogP contribution in [0.25, 0.3) is 11.1 Å². The van der Waals surface area contributed by atoms with Gasteiger partial charge < -0.3 is 10.1 Å². The molecule has 2 N–H and O–H groups in total. The minimum Gasteiger partial charge on any atom is -0.444 e. The molecule has 0 saturated carbocycles. The highest BCUT2D eigenvalue weighted by atomic mass is 19.4. The number of ether oxygens (including phenoxy) is 1. The van der Waals surface area contributed by atoms with E-state index in [1.165, 1.54) is 6.92 Å². The van der Waals surface area contributed by atoms with Crippen molar-refractivity contribution in [3.63, 3.8) is 0 Å². The number of ketones is 1. The van der Waals surface area contributed by atoms with Crippen LogP contribution in [-0.4, -0.2) is 28.4 Å². The summed E-state index contributed by atoms with van der Waals surface area (Å²) in [5.74, 6) is -1.25. The van der Waals surface area contributed by atoms with Crippen LogP contribution in [0, 0.1) is 6.92 Å². The summed E-state index contributed by atoms with van der Waals surface area (Å²) >= 11 is 0. The molecular weight excluding hydrogens is 487 g/mol. The number of benzene rings is 2. The molecule has 3 aromatic rings. The smallest absolute Gasteiger partial charge is 0.416 e. The average Bonchev–Trinajstić information content (AvgIpc) is 2.79. The predicted molar refractivity (Wildman–Crippen MR) is 133 cm³/mol. The molecule has 0 spiro atoms. The standard InChI is InChI=1S/C27H26F3N3O4/c1-16-11-21(22(13-20(16)27(28,29)30)33-25(36)37-26(2,3)4)32-24(35)14-23(34)18-8-5-7-17(12-18)19-9-6-10-31-15-19/h5-13,15H,14H2,1-4H3,(H,32,35)(H,33,36). The number of rotatable bonds is 6. The second-order valence-electron chi connectivity index (χ2n) is 9.31. The number of nitrogens with zero attached hydrogens (tertiary/aromatic N) is 1. The Morgan fingerprint density at radius 1 is 0.919 bits per heavy atom. The Morgan fingerprint density at radius 3 is 2.22 bits per heavy atom. The molecule has 0 saturated heterocycles. The number of anilines is 2. The second kappa shape index (κ2) is 10.8. The predicted octanol–water partition coefficient (Wildman–Crippen LogP) is 6.63. The van der Waals surface area contributed by atoms with E-state index in [-0.39, 0.29) is 22.5 Å². The van der Waals surface area contributed by atoms with E-state index in [4.69, 9.17) is 4.74 Å². The zero-order valence-corrected chi connectivity index (χ0v) is 20.7. The maximum absolute atomic E-state index is 13.5. The van der Waals surface area contributed by atoms with Crippen molar-refractivity contribution in [3.8, 4) is 11.1 Å². The summed E-state index contributed by atoms with van der Waals surface area (Å²) in [4.78, 5) is 41.8. The van der Waals surface area contributed by atoms with E-state index < -0.39 is 41.5 Å². The first kappa shape index (κ1) is 27.4. The normalized spacial score (nSPS) is 11.5. The van der Waals surface area contributed by atoms with Gasteiger partial charge in [-0.15, -0.1) is 0 Å². The number of halogens is 3. The fourth-order valence-corrected chi connectivity index (χ4v) is 3.48. The first-order valence-electron chi connectivity index (χ1n) is 11.3. The van der Waals surface area contributed by atoms with Gasteiger partial charge in [-0.2, -0.15) is 13.2 Å². The number of pyridine rings is 1. The number of amides is 2. The molecule has 0 aliphatic heterocycles. The van der Waals surface area contributed by atoms with E-state index in [0.717, 1.165) is 17.2 Å². The van der Waals surface area contributed by atoms with Crippen molar-refractivity contribution >= 4 is 29.2 Å². The summed E-state index contributed by atoms with van der Waals surface area (Å²) in [5.41, 5.74) is -0.659. The van der Waals surface area contributed by atoms with Gasteiger partial charge in [0, 0.05) is 23.5 Å². The van der Waals surface area contributed by atoms with Gasteiger partial charge in [0.15, 0.2) is 5.78 Å². The quantitative estimate of drug-likeness (QED) is 0.285.